The first-order valence-electron chi connectivity index (χ1n) is 4.25. The van der Waals surface area contributed by atoms with Crippen LogP contribution in [0.5, 0.6) is 0 Å². The molecular weight excluding hydrogens is 271 g/mol. The van der Waals surface area contributed by atoms with Crippen molar-refractivity contribution in [1.82, 2.24) is 0 Å². The first-order chi connectivity index (χ1) is 6.29. The van der Waals surface area contributed by atoms with E-state index in [0.29, 0.717) is 0 Å². The molecule has 0 spiro atoms. The lowest BCUT2D eigenvalue weighted by atomic mass is 10.0. The SMILES string of the molecule is C=C(/C=C\C)c1ccccc1CI. The van der Waals surface area contributed by atoms with Gasteiger partial charge in [-0.1, -0.05) is 65.6 Å². The smallest absolute Gasteiger partial charge is 0.0253 e. The number of allylic oxidation sites excluding steroid dienone is 3. The van der Waals surface area contributed by atoms with Crippen LogP contribution in [-0.4, -0.2) is 0 Å². The van der Waals surface area contributed by atoms with E-state index in [1.807, 2.05) is 19.1 Å². The minimum absolute atomic E-state index is 1.03. The lowest BCUT2D eigenvalue weighted by molar-refractivity contribution is 1.41. The molecule has 0 unspecified atom stereocenters. The highest BCUT2D eigenvalue weighted by molar-refractivity contribution is 14.1. The molecule has 0 fully saturated rings. The Morgan fingerprint density at radius 1 is 1.46 bits per heavy atom. The number of alkyl halides is 1. The van der Waals surface area contributed by atoms with Gasteiger partial charge in [-0.3, -0.25) is 0 Å². The van der Waals surface area contributed by atoms with Crippen molar-refractivity contribution < 1.29 is 0 Å². The molecule has 0 amide bonds. The predicted octanol–water partition coefficient (Wildman–Crippen LogP) is 4.21. The minimum Gasteiger partial charge on any atom is -0.0912 e. The van der Waals surface area contributed by atoms with E-state index in [1.54, 1.807) is 0 Å². The van der Waals surface area contributed by atoms with Gasteiger partial charge < -0.3 is 0 Å². The van der Waals surface area contributed by atoms with Gasteiger partial charge in [0.2, 0.25) is 0 Å². The largest absolute Gasteiger partial charge is 0.0912 e. The average molecular weight is 284 g/mol. The van der Waals surface area contributed by atoms with Crippen LogP contribution in [0.25, 0.3) is 5.57 Å². The first-order valence-corrected chi connectivity index (χ1v) is 5.78. The molecule has 0 N–H and O–H groups in total. The maximum atomic E-state index is 4.03. The quantitative estimate of drug-likeness (QED) is 0.443. The third kappa shape index (κ3) is 2.69. The molecule has 0 bridgehead atoms. The average Bonchev–Trinajstić information content (AvgIpc) is 2.18. The summed E-state index contributed by atoms with van der Waals surface area (Å²) in [7, 11) is 0. The highest BCUT2D eigenvalue weighted by Gasteiger charge is 2.00. The number of hydrogen-bond donors (Lipinski definition) is 0. The second-order valence-electron chi connectivity index (χ2n) is 2.82. The number of hydrogen-bond acceptors (Lipinski definition) is 0. The Balaban J connectivity index is 3.05. The molecule has 1 aromatic rings. The van der Waals surface area contributed by atoms with E-state index in [1.165, 1.54) is 11.1 Å². The fourth-order valence-corrected chi connectivity index (χ4v) is 1.91. The van der Waals surface area contributed by atoms with Gasteiger partial charge >= 0.3 is 0 Å². The van der Waals surface area contributed by atoms with Crippen LogP contribution in [0.3, 0.4) is 0 Å². The zero-order valence-electron chi connectivity index (χ0n) is 7.76. The van der Waals surface area contributed by atoms with E-state index in [4.69, 9.17) is 0 Å². The predicted molar refractivity (Wildman–Crippen MR) is 68.0 cm³/mol. The van der Waals surface area contributed by atoms with E-state index < -0.39 is 0 Å². The van der Waals surface area contributed by atoms with Crippen molar-refractivity contribution in [2.75, 3.05) is 0 Å². The lowest BCUT2D eigenvalue weighted by Gasteiger charge is -2.05. The molecule has 0 aliphatic heterocycles. The zero-order chi connectivity index (χ0) is 9.68. The maximum absolute atomic E-state index is 4.03. The van der Waals surface area contributed by atoms with Crippen molar-refractivity contribution in [3.05, 3.63) is 54.1 Å². The number of halogens is 1. The number of rotatable bonds is 3. The lowest BCUT2D eigenvalue weighted by Crippen LogP contribution is -1.86. The third-order valence-electron chi connectivity index (χ3n) is 1.88. The summed E-state index contributed by atoms with van der Waals surface area (Å²) in [5.41, 5.74) is 3.70. The zero-order valence-corrected chi connectivity index (χ0v) is 9.91. The van der Waals surface area contributed by atoms with Gasteiger partial charge in [0.1, 0.15) is 0 Å². The summed E-state index contributed by atoms with van der Waals surface area (Å²) in [4.78, 5) is 0. The molecule has 0 nitrogen and oxygen atoms in total. The first kappa shape index (κ1) is 10.5. The summed E-state index contributed by atoms with van der Waals surface area (Å²) in [5, 5.41) is 0. The molecule has 68 valence electrons. The Morgan fingerprint density at radius 3 is 2.77 bits per heavy atom. The van der Waals surface area contributed by atoms with Gasteiger partial charge in [0.05, 0.1) is 0 Å². The van der Waals surface area contributed by atoms with Crippen molar-refractivity contribution in [3.8, 4) is 0 Å². The van der Waals surface area contributed by atoms with Gasteiger partial charge in [0.15, 0.2) is 0 Å². The van der Waals surface area contributed by atoms with Gasteiger partial charge in [0.25, 0.3) is 0 Å². The molecule has 0 saturated carbocycles. The van der Waals surface area contributed by atoms with Crippen LogP contribution < -0.4 is 0 Å². The summed E-state index contributed by atoms with van der Waals surface area (Å²) in [6.45, 7) is 6.04. The molecule has 0 aliphatic rings. The Morgan fingerprint density at radius 2 is 2.15 bits per heavy atom. The van der Waals surface area contributed by atoms with E-state index in [0.717, 1.165) is 10.0 Å². The maximum Gasteiger partial charge on any atom is 0.0253 e. The molecule has 1 aromatic carbocycles. The second kappa shape index (κ2) is 5.22. The topological polar surface area (TPSA) is 0 Å². The van der Waals surface area contributed by atoms with Gasteiger partial charge in [-0.05, 0) is 23.6 Å². The van der Waals surface area contributed by atoms with Gasteiger partial charge in [-0.2, -0.15) is 0 Å². The van der Waals surface area contributed by atoms with Crippen LogP contribution in [0, 0.1) is 0 Å². The van der Waals surface area contributed by atoms with Crippen molar-refractivity contribution in [2.24, 2.45) is 0 Å². The molecule has 0 saturated heterocycles. The Bertz CT molecular complexity index is 324. The van der Waals surface area contributed by atoms with Crippen LogP contribution in [-0.2, 0) is 4.43 Å². The van der Waals surface area contributed by atoms with Gasteiger partial charge in [-0.25, -0.2) is 0 Å². The molecule has 0 radical (unpaired) electrons. The van der Waals surface area contributed by atoms with Crippen LogP contribution >= 0.6 is 22.6 Å². The molecule has 0 atom stereocenters. The number of benzene rings is 1. The Hall–Kier alpha value is -0.570. The monoisotopic (exact) mass is 284 g/mol. The highest BCUT2D eigenvalue weighted by Crippen LogP contribution is 2.20. The van der Waals surface area contributed by atoms with Crippen LogP contribution in [0.15, 0.2) is 43.0 Å². The normalized spacial score (nSPS) is 10.6. The van der Waals surface area contributed by atoms with Crippen molar-refractivity contribution in [1.29, 1.82) is 0 Å². The molecule has 13 heavy (non-hydrogen) atoms. The van der Waals surface area contributed by atoms with E-state index >= 15 is 0 Å². The summed E-state index contributed by atoms with van der Waals surface area (Å²) >= 11 is 2.38. The summed E-state index contributed by atoms with van der Waals surface area (Å²) in [6.07, 6.45) is 4.07. The van der Waals surface area contributed by atoms with Gasteiger partial charge in [-0.15, -0.1) is 0 Å². The van der Waals surface area contributed by atoms with Crippen LogP contribution in [0.1, 0.15) is 18.1 Å². The fraction of sp³-hybridized carbons (Fsp3) is 0.167. The molecule has 1 heteroatoms. The molecular formula is C12H13I. The van der Waals surface area contributed by atoms with Crippen molar-refractivity contribution in [2.45, 2.75) is 11.4 Å². The van der Waals surface area contributed by atoms with E-state index in [-0.39, 0.29) is 0 Å². The van der Waals surface area contributed by atoms with E-state index in [2.05, 4.69) is 53.4 Å². The van der Waals surface area contributed by atoms with Crippen LogP contribution in [0.4, 0.5) is 0 Å². The Kier molecular flexibility index (Phi) is 4.22. The van der Waals surface area contributed by atoms with Crippen molar-refractivity contribution in [3.63, 3.8) is 0 Å². The standard InChI is InChI=1S/C12H13I/c1-3-6-10(2)12-8-5-4-7-11(12)9-13/h3-8H,2,9H2,1H3/b6-3-. The second-order valence-corrected chi connectivity index (χ2v) is 3.58. The molecule has 0 heterocycles. The van der Waals surface area contributed by atoms with Gasteiger partial charge in [0, 0.05) is 4.43 Å². The fourth-order valence-electron chi connectivity index (χ4n) is 1.24. The van der Waals surface area contributed by atoms with Crippen LogP contribution in [0.2, 0.25) is 0 Å². The third-order valence-corrected chi connectivity index (χ3v) is 2.70. The summed E-state index contributed by atoms with van der Waals surface area (Å²) in [5.74, 6) is 0. The minimum atomic E-state index is 1.03. The van der Waals surface area contributed by atoms with Crippen molar-refractivity contribution >= 4 is 28.2 Å². The molecule has 0 aromatic heterocycles. The molecule has 1 rings (SSSR count). The van der Waals surface area contributed by atoms with E-state index in [9.17, 15) is 0 Å². The molecule has 0 aliphatic carbocycles. The highest BCUT2D eigenvalue weighted by atomic mass is 127. The summed E-state index contributed by atoms with van der Waals surface area (Å²) < 4.78 is 1.03. The Labute approximate surface area is 93.5 Å². The summed E-state index contributed by atoms with van der Waals surface area (Å²) in [6, 6.07) is 8.40.